The number of benzene rings is 1. The molecule has 3 aromatic rings. The maximum atomic E-state index is 14.6. The van der Waals surface area contributed by atoms with Crippen molar-refractivity contribution >= 4 is 11.5 Å². The summed E-state index contributed by atoms with van der Waals surface area (Å²) in [5.74, 6) is -0.292. The lowest BCUT2D eigenvalue weighted by Crippen LogP contribution is -2.19. The molecule has 0 saturated heterocycles. The Bertz CT molecular complexity index is 965. The van der Waals surface area contributed by atoms with Gasteiger partial charge in [0.1, 0.15) is 28.7 Å². The second kappa shape index (κ2) is 6.55. The molecule has 3 nitrogen and oxygen atoms in total. The first-order valence-electron chi connectivity index (χ1n) is 8.97. The number of rotatable bonds is 3. The van der Waals surface area contributed by atoms with E-state index in [1.165, 1.54) is 18.2 Å². The van der Waals surface area contributed by atoms with Crippen LogP contribution in [0.25, 0.3) is 16.9 Å². The molecule has 27 heavy (non-hydrogen) atoms. The lowest BCUT2D eigenvalue weighted by molar-refractivity contribution is -0.141. The molecule has 2 aromatic heterocycles. The Morgan fingerprint density at radius 3 is 2.44 bits per heavy atom. The number of nitrogens with zero attached hydrogens (tertiary/aromatic N) is 2. The second-order valence-electron chi connectivity index (χ2n) is 6.97. The standard InChI is InChI=1S/C20H19F4N3/c1-12-6-4-9-14(21)17(12)18-19(25-13-7-2-3-8-13)27-15(20(22,23)24)10-5-11-16(27)26-18/h4-6,9-11,13,25H,2-3,7-8H2,1H3. The summed E-state index contributed by atoms with van der Waals surface area (Å²) in [6, 6.07) is 8.51. The van der Waals surface area contributed by atoms with Crippen molar-refractivity contribution in [3.8, 4) is 11.3 Å². The van der Waals surface area contributed by atoms with Gasteiger partial charge in [-0.15, -0.1) is 0 Å². The van der Waals surface area contributed by atoms with Gasteiger partial charge in [0, 0.05) is 11.6 Å². The molecule has 0 aliphatic heterocycles. The van der Waals surface area contributed by atoms with Crippen LogP contribution in [-0.4, -0.2) is 15.4 Å². The average molecular weight is 377 g/mol. The maximum absolute atomic E-state index is 14.6. The number of pyridine rings is 1. The normalized spacial score (nSPS) is 15.6. The van der Waals surface area contributed by atoms with Gasteiger partial charge in [0.05, 0.1) is 0 Å². The van der Waals surface area contributed by atoms with Crippen molar-refractivity contribution in [3.63, 3.8) is 0 Å². The number of fused-ring (bicyclic) bond motifs is 1. The molecule has 1 aliphatic carbocycles. The zero-order valence-corrected chi connectivity index (χ0v) is 14.8. The van der Waals surface area contributed by atoms with Crippen molar-refractivity contribution < 1.29 is 17.6 Å². The Labute approximate surface area is 154 Å². The number of anilines is 1. The molecule has 0 unspecified atom stereocenters. The number of nitrogens with one attached hydrogen (secondary N) is 1. The lowest BCUT2D eigenvalue weighted by Gasteiger charge is -2.18. The van der Waals surface area contributed by atoms with Gasteiger partial charge in [0.2, 0.25) is 0 Å². The highest BCUT2D eigenvalue weighted by Gasteiger charge is 2.35. The first kappa shape index (κ1) is 17.8. The molecule has 4 rings (SSSR count). The van der Waals surface area contributed by atoms with Gasteiger partial charge < -0.3 is 5.32 Å². The SMILES string of the molecule is Cc1cccc(F)c1-c1nc2cccc(C(F)(F)F)n2c1NC1CCCC1. The van der Waals surface area contributed by atoms with E-state index in [1.54, 1.807) is 19.1 Å². The van der Waals surface area contributed by atoms with Crippen LogP contribution in [-0.2, 0) is 6.18 Å². The second-order valence-corrected chi connectivity index (χ2v) is 6.97. The molecule has 0 bridgehead atoms. The molecule has 1 aromatic carbocycles. The largest absolute Gasteiger partial charge is 0.431 e. The third-order valence-corrected chi connectivity index (χ3v) is 5.09. The minimum absolute atomic E-state index is 0.0528. The van der Waals surface area contributed by atoms with Gasteiger partial charge in [-0.05, 0) is 43.5 Å². The topological polar surface area (TPSA) is 29.3 Å². The van der Waals surface area contributed by atoms with Crippen LogP contribution >= 0.6 is 0 Å². The summed E-state index contributed by atoms with van der Waals surface area (Å²) in [6.07, 6.45) is -0.759. The van der Waals surface area contributed by atoms with Gasteiger partial charge in [-0.3, -0.25) is 4.40 Å². The summed E-state index contributed by atoms with van der Waals surface area (Å²) in [6.45, 7) is 1.73. The van der Waals surface area contributed by atoms with Crippen LogP contribution in [0.2, 0.25) is 0 Å². The van der Waals surface area contributed by atoms with Crippen LogP contribution in [0, 0.1) is 12.7 Å². The van der Waals surface area contributed by atoms with Gasteiger partial charge in [-0.2, -0.15) is 13.2 Å². The van der Waals surface area contributed by atoms with Crippen LogP contribution in [0.5, 0.6) is 0 Å². The Morgan fingerprint density at radius 2 is 1.78 bits per heavy atom. The lowest BCUT2D eigenvalue weighted by atomic mass is 10.0. The molecule has 0 atom stereocenters. The highest BCUT2D eigenvalue weighted by atomic mass is 19.4. The van der Waals surface area contributed by atoms with E-state index >= 15 is 0 Å². The summed E-state index contributed by atoms with van der Waals surface area (Å²) in [7, 11) is 0. The molecule has 0 radical (unpaired) electrons. The van der Waals surface area contributed by atoms with E-state index in [0.29, 0.717) is 5.56 Å². The van der Waals surface area contributed by atoms with Crippen molar-refractivity contribution in [1.82, 2.24) is 9.38 Å². The summed E-state index contributed by atoms with van der Waals surface area (Å²) < 4.78 is 56.6. The molecule has 1 N–H and O–H groups in total. The minimum Gasteiger partial charge on any atom is -0.367 e. The smallest absolute Gasteiger partial charge is 0.367 e. The fourth-order valence-electron chi connectivity index (χ4n) is 3.82. The van der Waals surface area contributed by atoms with E-state index in [9.17, 15) is 17.6 Å². The molecular formula is C20H19F4N3. The van der Waals surface area contributed by atoms with Gasteiger partial charge >= 0.3 is 6.18 Å². The van der Waals surface area contributed by atoms with Crippen LogP contribution in [0.4, 0.5) is 23.4 Å². The third-order valence-electron chi connectivity index (χ3n) is 5.09. The Balaban J connectivity index is 2.01. The Hall–Kier alpha value is -2.57. The first-order chi connectivity index (χ1) is 12.9. The summed E-state index contributed by atoms with van der Waals surface area (Å²) >= 11 is 0. The zero-order valence-electron chi connectivity index (χ0n) is 14.8. The molecule has 2 heterocycles. The number of hydrogen-bond donors (Lipinski definition) is 1. The van der Waals surface area contributed by atoms with Crippen molar-refractivity contribution in [2.45, 2.75) is 44.8 Å². The minimum atomic E-state index is -4.55. The summed E-state index contributed by atoms with van der Waals surface area (Å²) in [5, 5.41) is 3.23. The zero-order chi connectivity index (χ0) is 19.2. The number of aryl methyl sites for hydroxylation is 1. The molecular weight excluding hydrogens is 358 g/mol. The third kappa shape index (κ3) is 3.15. The quantitative estimate of drug-likeness (QED) is 0.583. The number of imidazole rings is 1. The molecule has 1 fully saturated rings. The maximum Gasteiger partial charge on any atom is 0.431 e. The number of halogens is 4. The molecule has 1 saturated carbocycles. The summed E-state index contributed by atoms with van der Waals surface area (Å²) in [4.78, 5) is 4.38. The highest BCUT2D eigenvalue weighted by Crippen LogP contribution is 2.38. The van der Waals surface area contributed by atoms with Gasteiger partial charge in [0.15, 0.2) is 0 Å². The highest BCUT2D eigenvalue weighted by molar-refractivity contribution is 5.79. The molecule has 1 aliphatic rings. The summed E-state index contributed by atoms with van der Waals surface area (Å²) in [5.41, 5.74) is 0.390. The predicted molar refractivity (Wildman–Crippen MR) is 96.2 cm³/mol. The van der Waals surface area contributed by atoms with Crippen LogP contribution in [0.15, 0.2) is 36.4 Å². The molecule has 7 heteroatoms. The van der Waals surface area contributed by atoms with Gasteiger partial charge in [0.25, 0.3) is 0 Å². The van der Waals surface area contributed by atoms with E-state index in [-0.39, 0.29) is 28.8 Å². The van der Waals surface area contributed by atoms with Crippen LogP contribution < -0.4 is 5.32 Å². The van der Waals surface area contributed by atoms with Crippen molar-refractivity contribution in [2.24, 2.45) is 0 Å². The van der Waals surface area contributed by atoms with Crippen LogP contribution in [0.3, 0.4) is 0 Å². The van der Waals surface area contributed by atoms with Crippen molar-refractivity contribution in [3.05, 3.63) is 53.5 Å². The fourth-order valence-corrected chi connectivity index (χ4v) is 3.82. The van der Waals surface area contributed by atoms with E-state index in [1.807, 2.05) is 0 Å². The average Bonchev–Trinajstić information content (AvgIpc) is 3.23. The van der Waals surface area contributed by atoms with E-state index in [2.05, 4.69) is 10.3 Å². The first-order valence-corrected chi connectivity index (χ1v) is 8.97. The van der Waals surface area contributed by atoms with Gasteiger partial charge in [-0.25, -0.2) is 9.37 Å². The Kier molecular flexibility index (Phi) is 4.32. The number of alkyl halides is 3. The Morgan fingerprint density at radius 1 is 1.07 bits per heavy atom. The monoisotopic (exact) mass is 377 g/mol. The van der Waals surface area contributed by atoms with Gasteiger partial charge in [-0.1, -0.05) is 31.0 Å². The number of hydrogen-bond acceptors (Lipinski definition) is 2. The number of aromatic nitrogens is 2. The fraction of sp³-hybridized carbons (Fsp3) is 0.350. The molecule has 142 valence electrons. The predicted octanol–water partition coefficient (Wildman–Crippen LogP) is 5.82. The van der Waals surface area contributed by atoms with E-state index in [0.717, 1.165) is 36.2 Å². The molecule has 0 spiro atoms. The van der Waals surface area contributed by atoms with Crippen LogP contribution in [0.1, 0.15) is 36.9 Å². The van der Waals surface area contributed by atoms with E-state index < -0.39 is 17.7 Å². The van der Waals surface area contributed by atoms with Crippen molar-refractivity contribution in [2.75, 3.05) is 5.32 Å². The molecule has 0 amide bonds. The van der Waals surface area contributed by atoms with Crippen molar-refractivity contribution in [1.29, 1.82) is 0 Å². The van der Waals surface area contributed by atoms with E-state index in [4.69, 9.17) is 0 Å².